The number of ketones is 1. The van der Waals surface area contributed by atoms with Gasteiger partial charge < -0.3 is 11.3 Å². The summed E-state index contributed by atoms with van der Waals surface area (Å²) in [6, 6.07) is 12.0. The number of benzene rings is 1. The van der Waals surface area contributed by atoms with Crippen molar-refractivity contribution >= 4 is 28.7 Å². The third-order valence-electron chi connectivity index (χ3n) is 5.76. The normalized spacial score (nSPS) is 14.8. The third-order valence-corrected chi connectivity index (χ3v) is 6.61. The van der Waals surface area contributed by atoms with Crippen molar-refractivity contribution in [2.45, 2.75) is 64.7 Å². The van der Waals surface area contributed by atoms with Crippen molar-refractivity contribution in [3.63, 3.8) is 0 Å². The summed E-state index contributed by atoms with van der Waals surface area (Å²) < 4.78 is 0. The van der Waals surface area contributed by atoms with Crippen LogP contribution in [0.1, 0.15) is 63.3 Å². The Morgan fingerprint density at radius 3 is 2.53 bits per heavy atom. The second kappa shape index (κ2) is 11.7. The fourth-order valence-corrected chi connectivity index (χ4v) is 4.45. The van der Waals surface area contributed by atoms with E-state index in [0.717, 1.165) is 50.0 Å². The van der Waals surface area contributed by atoms with Crippen molar-refractivity contribution < 1.29 is 42.3 Å². The monoisotopic (exact) mass is 500 g/mol. The largest absolute Gasteiger partial charge is 0.300 e. The first-order chi connectivity index (χ1) is 13.9. The first kappa shape index (κ1) is 25.4. The Hall–Kier alpha value is -0.876. The van der Waals surface area contributed by atoms with Gasteiger partial charge in [0.2, 0.25) is 5.91 Å². The summed E-state index contributed by atoms with van der Waals surface area (Å²) in [6.45, 7) is 7.71. The van der Waals surface area contributed by atoms with Crippen LogP contribution >= 0.6 is 11.3 Å². The van der Waals surface area contributed by atoms with Crippen LogP contribution < -0.4 is 5.01 Å². The molecule has 2 heterocycles. The number of hydrogen-bond acceptors (Lipinski definition) is 4. The second-order valence-corrected chi connectivity index (χ2v) is 9.20. The zero-order chi connectivity index (χ0) is 20.9. The zero-order valence-corrected chi connectivity index (χ0v) is 22.0. The number of hydrazine groups is 1. The Balaban J connectivity index is 0.00000320. The van der Waals surface area contributed by atoms with E-state index in [9.17, 15) is 9.59 Å². The van der Waals surface area contributed by atoms with Gasteiger partial charge in [-0.25, -0.2) is 16.1 Å². The first-order valence-corrected chi connectivity index (χ1v) is 11.4. The molecular weight excluding hydrogens is 469 g/mol. The maximum Gasteiger partial charge on any atom is 0.242 e. The SMILES string of the molecule is CCCCC(=O)C(C)(C)c1ccc(N2C(=O)CCN2CCCc2cc[c-]s2)cc1.[Y]. The van der Waals surface area contributed by atoms with Gasteiger partial charge in [-0.05, 0) is 44.4 Å². The van der Waals surface area contributed by atoms with Gasteiger partial charge in [0.25, 0.3) is 0 Å². The number of carbonyl (C=O) groups excluding carboxylic acids is 2. The van der Waals surface area contributed by atoms with Crippen LogP contribution in [0.15, 0.2) is 36.4 Å². The van der Waals surface area contributed by atoms with Crippen LogP contribution in [0.3, 0.4) is 0 Å². The molecule has 6 heteroatoms. The van der Waals surface area contributed by atoms with Gasteiger partial charge in [-0.2, -0.15) is 6.07 Å². The molecular formula is C24H31N2O2SY-. The van der Waals surface area contributed by atoms with Crippen molar-refractivity contribution in [3.8, 4) is 0 Å². The Morgan fingerprint density at radius 1 is 1.17 bits per heavy atom. The van der Waals surface area contributed by atoms with E-state index < -0.39 is 5.41 Å². The Kier molecular flexibility index (Phi) is 9.87. The van der Waals surface area contributed by atoms with E-state index in [2.05, 4.69) is 23.4 Å². The van der Waals surface area contributed by atoms with Gasteiger partial charge in [-0.1, -0.05) is 31.9 Å². The number of thiophene rings is 1. The summed E-state index contributed by atoms with van der Waals surface area (Å²) in [6.07, 6.45) is 5.15. The Morgan fingerprint density at radius 2 is 1.90 bits per heavy atom. The maximum absolute atomic E-state index is 12.6. The summed E-state index contributed by atoms with van der Waals surface area (Å²) in [4.78, 5) is 26.5. The van der Waals surface area contributed by atoms with Crippen molar-refractivity contribution in [1.82, 2.24) is 5.01 Å². The van der Waals surface area contributed by atoms with Gasteiger partial charge in [-0.15, -0.1) is 10.3 Å². The fraction of sp³-hybridized carbons (Fsp3) is 0.500. The molecule has 3 rings (SSSR count). The molecule has 0 bridgehead atoms. The molecule has 1 aliphatic rings. The second-order valence-electron chi connectivity index (χ2n) is 8.23. The first-order valence-electron chi connectivity index (χ1n) is 10.6. The molecule has 4 nitrogen and oxygen atoms in total. The predicted molar refractivity (Wildman–Crippen MR) is 119 cm³/mol. The quantitative estimate of drug-likeness (QED) is 0.423. The molecule has 30 heavy (non-hydrogen) atoms. The molecule has 1 saturated heterocycles. The molecule has 0 N–H and O–H groups in total. The minimum absolute atomic E-state index is 0. The Bertz CT molecular complexity index is 818. The molecule has 1 aromatic heterocycles. The number of amides is 1. The van der Waals surface area contributed by atoms with Crippen LogP contribution in [0.5, 0.6) is 0 Å². The number of rotatable bonds is 10. The molecule has 0 spiro atoms. The van der Waals surface area contributed by atoms with E-state index in [4.69, 9.17) is 0 Å². The van der Waals surface area contributed by atoms with Gasteiger partial charge in [-0.3, -0.25) is 9.59 Å². The topological polar surface area (TPSA) is 40.6 Å². The van der Waals surface area contributed by atoms with E-state index in [0.29, 0.717) is 12.8 Å². The van der Waals surface area contributed by atoms with Crippen LogP contribution in [-0.4, -0.2) is 29.8 Å². The summed E-state index contributed by atoms with van der Waals surface area (Å²) in [5.74, 6) is 0.414. The van der Waals surface area contributed by atoms with E-state index in [1.165, 1.54) is 4.88 Å². The molecule has 0 saturated carbocycles. The van der Waals surface area contributed by atoms with Gasteiger partial charge in [0, 0.05) is 64.1 Å². The van der Waals surface area contributed by atoms with E-state index in [1.54, 1.807) is 11.3 Å². The molecule has 0 unspecified atom stereocenters. The van der Waals surface area contributed by atoms with Gasteiger partial charge >= 0.3 is 0 Å². The molecule has 1 radical (unpaired) electrons. The number of anilines is 1. The van der Waals surface area contributed by atoms with Crippen molar-refractivity contribution in [1.29, 1.82) is 0 Å². The summed E-state index contributed by atoms with van der Waals surface area (Å²) in [7, 11) is 0. The van der Waals surface area contributed by atoms with E-state index in [-0.39, 0.29) is 44.4 Å². The molecule has 159 valence electrons. The van der Waals surface area contributed by atoms with E-state index in [1.807, 2.05) is 49.2 Å². The smallest absolute Gasteiger partial charge is 0.242 e. The van der Waals surface area contributed by atoms with Crippen molar-refractivity contribution in [3.05, 3.63) is 52.2 Å². The summed E-state index contributed by atoms with van der Waals surface area (Å²) >= 11 is 1.66. The standard InChI is InChI=1S/C24H31N2O2S.Y/c1-4-5-10-22(27)24(2,3)19-11-13-20(14-12-19)26-23(28)15-17-25(26)16-6-8-21-9-7-18-29-21;/h7,9,11-14H,4-6,8,10,15-17H2,1-3H3;/q-1;. The van der Waals surface area contributed by atoms with E-state index >= 15 is 0 Å². The maximum atomic E-state index is 12.6. The van der Waals surface area contributed by atoms with Crippen LogP contribution in [0.2, 0.25) is 0 Å². The molecule has 0 atom stereocenters. The average Bonchev–Trinajstić information content (AvgIpc) is 3.36. The van der Waals surface area contributed by atoms with Crippen LogP contribution in [0, 0.1) is 5.38 Å². The average molecular weight is 500 g/mol. The predicted octanol–water partition coefficient (Wildman–Crippen LogP) is 5.17. The third kappa shape index (κ3) is 6.09. The number of carbonyl (C=O) groups is 2. The molecule has 1 fully saturated rings. The number of aryl methyl sites for hydroxylation is 1. The van der Waals surface area contributed by atoms with Gasteiger partial charge in [0.1, 0.15) is 5.78 Å². The fourth-order valence-electron chi connectivity index (χ4n) is 3.78. The van der Waals surface area contributed by atoms with Crippen molar-refractivity contribution in [2.24, 2.45) is 0 Å². The van der Waals surface area contributed by atoms with Crippen LogP contribution in [0.25, 0.3) is 0 Å². The molecule has 2 aromatic rings. The van der Waals surface area contributed by atoms with Crippen molar-refractivity contribution in [2.75, 3.05) is 18.1 Å². The molecule has 1 amide bonds. The summed E-state index contributed by atoms with van der Waals surface area (Å²) in [5, 5.41) is 7.09. The van der Waals surface area contributed by atoms with Gasteiger partial charge in [0.15, 0.2) is 0 Å². The molecule has 1 aliphatic heterocycles. The summed E-state index contributed by atoms with van der Waals surface area (Å²) in [5.41, 5.74) is 1.40. The van der Waals surface area contributed by atoms with Crippen LogP contribution in [-0.2, 0) is 54.1 Å². The van der Waals surface area contributed by atoms with Crippen LogP contribution in [0.4, 0.5) is 5.69 Å². The zero-order valence-electron chi connectivity index (χ0n) is 18.3. The minimum Gasteiger partial charge on any atom is -0.300 e. The van der Waals surface area contributed by atoms with Gasteiger partial charge in [0.05, 0.1) is 5.69 Å². The Labute approximate surface area is 209 Å². The minimum atomic E-state index is -0.500. The molecule has 1 aromatic carbocycles. The number of Topliss-reactive ketones (excluding diaryl/α,β-unsaturated/α-hetero) is 1. The number of unbranched alkanes of at least 4 members (excludes halogenated alkanes) is 1. The number of hydrogen-bond donors (Lipinski definition) is 0. The molecule has 0 aliphatic carbocycles. The number of nitrogens with zero attached hydrogens (tertiary/aromatic N) is 2.